The first-order chi connectivity index (χ1) is 11.4. The first kappa shape index (κ1) is 15.1. The second-order valence-corrected chi connectivity index (χ2v) is 5.21. The number of anilines is 1. The maximum atomic E-state index is 5.05. The highest BCUT2D eigenvalue weighted by molar-refractivity contribution is 5.83. The molecule has 1 aliphatic rings. The quantitative estimate of drug-likeness (QED) is 0.791. The molecule has 1 atom stereocenters. The molecule has 1 aliphatic heterocycles. The minimum Gasteiger partial charge on any atom is -0.372 e. The van der Waals surface area contributed by atoms with Crippen LogP contribution in [0.15, 0.2) is 78.9 Å². The van der Waals surface area contributed by atoms with Gasteiger partial charge < -0.3 is 9.64 Å². The number of hydrogen-bond acceptors (Lipinski definition) is 2. The van der Waals surface area contributed by atoms with Crippen LogP contribution in [-0.2, 0) is 4.74 Å². The Morgan fingerprint density at radius 2 is 1.70 bits per heavy atom. The zero-order chi connectivity index (χ0) is 15.9. The predicted octanol–water partition coefficient (Wildman–Crippen LogP) is 4.12. The summed E-state index contributed by atoms with van der Waals surface area (Å²) in [5.74, 6) is 6.38. The Kier molecular flexibility index (Phi) is 4.93. The van der Waals surface area contributed by atoms with E-state index in [1.54, 1.807) is 7.11 Å². The number of hydrogen-bond donors (Lipinski definition) is 0. The maximum Gasteiger partial charge on any atom is 0.114 e. The van der Waals surface area contributed by atoms with Crippen molar-refractivity contribution in [2.24, 2.45) is 0 Å². The van der Waals surface area contributed by atoms with Crippen LogP contribution in [0.5, 0.6) is 0 Å². The minimum atomic E-state index is -0.00671. The summed E-state index contributed by atoms with van der Waals surface area (Å²) in [5.41, 5.74) is 3.46. The predicted molar refractivity (Wildman–Crippen MR) is 95.9 cm³/mol. The lowest BCUT2D eigenvalue weighted by Gasteiger charge is -2.33. The molecule has 2 heteroatoms. The molecule has 0 amide bonds. The summed E-state index contributed by atoms with van der Waals surface area (Å²) < 4.78 is 5.05. The fourth-order valence-electron chi connectivity index (χ4n) is 2.63. The summed E-state index contributed by atoms with van der Waals surface area (Å²) in [6.07, 6.45) is 6.33. The molecule has 23 heavy (non-hydrogen) atoms. The Bertz CT molecular complexity index is 751. The van der Waals surface area contributed by atoms with Crippen LogP contribution in [0.1, 0.15) is 5.56 Å². The van der Waals surface area contributed by atoms with Gasteiger partial charge in [0.1, 0.15) is 12.6 Å². The first-order valence-electron chi connectivity index (χ1n) is 7.65. The molecule has 2 aromatic carbocycles. The summed E-state index contributed by atoms with van der Waals surface area (Å²) >= 11 is 0. The second-order valence-electron chi connectivity index (χ2n) is 5.21. The van der Waals surface area contributed by atoms with Crippen LogP contribution < -0.4 is 4.90 Å². The number of methoxy groups -OCH3 is 1. The molecule has 1 heterocycles. The van der Waals surface area contributed by atoms with E-state index < -0.39 is 0 Å². The maximum absolute atomic E-state index is 5.05. The molecule has 0 N–H and O–H groups in total. The number of allylic oxidation sites excluding steroid dienone is 2. The lowest BCUT2D eigenvalue weighted by Crippen LogP contribution is -2.33. The van der Waals surface area contributed by atoms with Gasteiger partial charge in [-0.05, 0) is 29.8 Å². The average Bonchev–Trinajstić information content (AvgIpc) is 2.63. The minimum absolute atomic E-state index is 0.00671. The fourth-order valence-corrected chi connectivity index (χ4v) is 2.63. The molecule has 1 unspecified atom stereocenters. The van der Waals surface area contributed by atoms with Crippen LogP contribution in [0.2, 0.25) is 0 Å². The summed E-state index contributed by atoms with van der Waals surface area (Å²) in [5, 5.41) is 0. The smallest absolute Gasteiger partial charge is 0.114 e. The van der Waals surface area contributed by atoms with Crippen LogP contribution in [0.25, 0.3) is 5.70 Å². The van der Waals surface area contributed by atoms with Gasteiger partial charge in [-0.3, -0.25) is 0 Å². The molecule has 114 valence electrons. The molecule has 0 saturated heterocycles. The van der Waals surface area contributed by atoms with Crippen molar-refractivity contribution in [1.29, 1.82) is 0 Å². The lowest BCUT2D eigenvalue weighted by atomic mass is 10.0. The Morgan fingerprint density at radius 1 is 1.00 bits per heavy atom. The van der Waals surface area contributed by atoms with Crippen molar-refractivity contribution in [2.45, 2.75) is 6.04 Å². The van der Waals surface area contributed by atoms with E-state index in [1.165, 1.54) is 5.56 Å². The van der Waals surface area contributed by atoms with Crippen LogP contribution in [0.4, 0.5) is 5.69 Å². The Hall–Kier alpha value is -2.76. The second kappa shape index (κ2) is 7.49. The molecule has 0 radical (unpaired) electrons. The Balaban J connectivity index is 2.02. The van der Waals surface area contributed by atoms with E-state index in [0.717, 1.165) is 11.4 Å². The molecule has 0 aromatic heterocycles. The highest BCUT2D eigenvalue weighted by Gasteiger charge is 2.22. The van der Waals surface area contributed by atoms with Crippen molar-refractivity contribution in [3.05, 3.63) is 84.5 Å². The summed E-state index contributed by atoms with van der Waals surface area (Å²) in [7, 11) is 1.66. The number of para-hydroxylation sites is 1. The monoisotopic (exact) mass is 301 g/mol. The van der Waals surface area contributed by atoms with Crippen LogP contribution in [0, 0.1) is 11.8 Å². The van der Waals surface area contributed by atoms with Crippen molar-refractivity contribution in [3.63, 3.8) is 0 Å². The fraction of sp³-hybridized carbons (Fsp3) is 0.143. The van der Waals surface area contributed by atoms with E-state index in [2.05, 4.69) is 83.5 Å². The largest absolute Gasteiger partial charge is 0.372 e. The average molecular weight is 301 g/mol. The van der Waals surface area contributed by atoms with Gasteiger partial charge in [0.25, 0.3) is 0 Å². The highest BCUT2D eigenvalue weighted by atomic mass is 16.5. The van der Waals surface area contributed by atoms with Gasteiger partial charge in [-0.1, -0.05) is 66.4 Å². The van der Waals surface area contributed by atoms with Crippen molar-refractivity contribution in [1.82, 2.24) is 0 Å². The van der Waals surface area contributed by atoms with Crippen LogP contribution in [0.3, 0.4) is 0 Å². The molecule has 0 aliphatic carbocycles. The van der Waals surface area contributed by atoms with Gasteiger partial charge in [-0.2, -0.15) is 0 Å². The zero-order valence-corrected chi connectivity index (χ0v) is 13.1. The molecule has 0 spiro atoms. The van der Waals surface area contributed by atoms with Gasteiger partial charge in [-0.25, -0.2) is 0 Å². The summed E-state index contributed by atoms with van der Waals surface area (Å²) in [6, 6.07) is 20.8. The van der Waals surface area contributed by atoms with Crippen LogP contribution in [-0.4, -0.2) is 19.8 Å². The normalized spacial score (nSPS) is 16.5. The molecule has 3 rings (SSSR count). The van der Waals surface area contributed by atoms with Gasteiger partial charge >= 0.3 is 0 Å². The van der Waals surface area contributed by atoms with Crippen molar-refractivity contribution < 1.29 is 4.74 Å². The zero-order valence-electron chi connectivity index (χ0n) is 13.1. The molecule has 0 fully saturated rings. The number of rotatable bonds is 3. The summed E-state index contributed by atoms with van der Waals surface area (Å²) in [6.45, 7) is 0.442. The number of nitrogens with zero attached hydrogens (tertiary/aromatic N) is 1. The van der Waals surface area contributed by atoms with E-state index in [9.17, 15) is 0 Å². The molecular formula is C21H19NO. The van der Waals surface area contributed by atoms with Crippen molar-refractivity contribution >= 4 is 11.4 Å². The Labute approximate surface area is 137 Å². The van der Waals surface area contributed by atoms with Gasteiger partial charge in [0.05, 0.1) is 0 Å². The van der Waals surface area contributed by atoms with E-state index in [1.807, 2.05) is 12.1 Å². The SMILES string of the molecule is COCC#CC1C=CC=C(c2ccccc2)N1c1ccccc1. The first-order valence-corrected chi connectivity index (χ1v) is 7.65. The molecule has 2 aromatic rings. The number of benzene rings is 2. The van der Waals surface area contributed by atoms with E-state index in [0.29, 0.717) is 6.61 Å². The highest BCUT2D eigenvalue weighted by Crippen LogP contribution is 2.31. The topological polar surface area (TPSA) is 12.5 Å². The van der Waals surface area contributed by atoms with Crippen molar-refractivity contribution in [2.75, 3.05) is 18.6 Å². The van der Waals surface area contributed by atoms with E-state index >= 15 is 0 Å². The van der Waals surface area contributed by atoms with Gasteiger partial charge in [-0.15, -0.1) is 0 Å². The van der Waals surface area contributed by atoms with Gasteiger partial charge in [0, 0.05) is 18.5 Å². The van der Waals surface area contributed by atoms with Gasteiger partial charge in [0.2, 0.25) is 0 Å². The molecule has 0 saturated carbocycles. The van der Waals surface area contributed by atoms with E-state index in [4.69, 9.17) is 4.74 Å². The molecule has 2 nitrogen and oxygen atoms in total. The molecule has 0 bridgehead atoms. The third kappa shape index (κ3) is 3.53. The van der Waals surface area contributed by atoms with Crippen molar-refractivity contribution in [3.8, 4) is 11.8 Å². The molecular weight excluding hydrogens is 282 g/mol. The third-order valence-electron chi connectivity index (χ3n) is 3.66. The lowest BCUT2D eigenvalue weighted by molar-refractivity contribution is 0.239. The standard InChI is InChI=1S/C21H19NO/c1-23-17-9-15-20-14-8-16-21(18-10-4-2-5-11-18)22(20)19-12-6-3-7-13-19/h2-8,10-14,16,20H,17H2,1H3. The third-order valence-corrected chi connectivity index (χ3v) is 3.66. The Morgan fingerprint density at radius 3 is 2.39 bits per heavy atom. The van der Waals surface area contributed by atoms with Crippen LogP contribution >= 0.6 is 0 Å². The number of ether oxygens (including phenoxy) is 1. The van der Waals surface area contributed by atoms with Gasteiger partial charge in [0.15, 0.2) is 0 Å². The summed E-state index contributed by atoms with van der Waals surface area (Å²) in [4.78, 5) is 2.26. The van der Waals surface area contributed by atoms with E-state index in [-0.39, 0.29) is 6.04 Å².